The monoisotopic (exact) mass is 231 g/mol. The van der Waals surface area contributed by atoms with Crippen molar-refractivity contribution in [2.45, 2.75) is 0 Å². The number of para-hydroxylation sites is 1. The topological polar surface area (TPSA) is 84.1 Å². The maximum absolute atomic E-state index is 11.4. The summed E-state index contributed by atoms with van der Waals surface area (Å²) in [6.45, 7) is 0. The molecule has 0 saturated heterocycles. The van der Waals surface area contributed by atoms with E-state index in [2.05, 4.69) is 15.3 Å². The fourth-order valence-corrected chi connectivity index (χ4v) is 1.17. The van der Waals surface area contributed by atoms with Crippen LogP contribution in [0.3, 0.4) is 0 Å². The third kappa shape index (κ3) is 3.16. The number of aromatic amines is 1. The number of amides is 1. The molecule has 0 aliphatic carbocycles. The molecule has 0 radical (unpaired) electrons. The highest BCUT2D eigenvalue weighted by Crippen LogP contribution is 2.09. The second kappa shape index (κ2) is 4.93. The minimum absolute atomic E-state index is 0.134. The van der Waals surface area contributed by atoms with Crippen LogP contribution in [0.4, 0.5) is 10.6 Å². The first-order valence-electron chi connectivity index (χ1n) is 4.84. The molecule has 1 aromatic carbocycles. The molecule has 2 rings (SSSR count). The summed E-state index contributed by atoms with van der Waals surface area (Å²) in [5.41, 5.74) is -0.539. The first-order chi connectivity index (χ1) is 8.24. The van der Waals surface area contributed by atoms with Gasteiger partial charge in [0.1, 0.15) is 11.6 Å². The molecule has 0 atom stereocenters. The van der Waals surface area contributed by atoms with Gasteiger partial charge in [-0.05, 0) is 18.2 Å². The molecule has 1 amide bonds. The summed E-state index contributed by atoms with van der Waals surface area (Å²) < 4.78 is 4.96. The van der Waals surface area contributed by atoms with Crippen LogP contribution in [0, 0.1) is 0 Å². The summed E-state index contributed by atoms with van der Waals surface area (Å²) in [6.07, 6.45) is 0.683. The number of carbonyl (C=O) groups is 1. The first-order valence-corrected chi connectivity index (χ1v) is 4.84. The molecule has 1 aromatic heterocycles. The highest BCUT2D eigenvalue weighted by atomic mass is 16.6. The van der Waals surface area contributed by atoms with Crippen LogP contribution in [0.15, 0.2) is 47.4 Å². The van der Waals surface area contributed by atoms with Gasteiger partial charge in [-0.1, -0.05) is 18.2 Å². The van der Waals surface area contributed by atoms with Gasteiger partial charge in [-0.3, -0.25) is 5.32 Å². The number of H-pyrrole nitrogens is 1. The van der Waals surface area contributed by atoms with Gasteiger partial charge in [-0.2, -0.15) is 4.98 Å². The number of aromatic nitrogens is 2. The van der Waals surface area contributed by atoms with Crippen LogP contribution in [0.5, 0.6) is 5.75 Å². The molecule has 6 heteroatoms. The van der Waals surface area contributed by atoms with Gasteiger partial charge in [-0.25, -0.2) is 9.59 Å². The van der Waals surface area contributed by atoms with E-state index in [9.17, 15) is 9.59 Å². The quantitative estimate of drug-likeness (QED) is 0.817. The molecule has 0 spiro atoms. The van der Waals surface area contributed by atoms with Gasteiger partial charge >= 0.3 is 11.8 Å². The summed E-state index contributed by atoms with van der Waals surface area (Å²) in [4.78, 5) is 28.1. The Bertz CT molecular complexity index is 565. The Hall–Kier alpha value is -2.63. The van der Waals surface area contributed by atoms with Gasteiger partial charge in [0.2, 0.25) is 0 Å². The Kier molecular flexibility index (Phi) is 3.15. The molecule has 86 valence electrons. The lowest BCUT2D eigenvalue weighted by Gasteiger charge is -2.04. The van der Waals surface area contributed by atoms with Gasteiger partial charge in [0, 0.05) is 6.20 Å². The van der Waals surface area contributed by atoms with E-state index in [0.29, 0.717) is 5.75 Å². The van der Waals surface area contributed by atoms with E-state index in [1.54, 1.807) is 24.3 Å². The summed E-state index contributed by atoms with van der Waals surface area (Å²) >= 11 is 0. The highest BCUT2D eigenvalue weighted by Gasteiger charge is 2.05. The first kappa shape index (κ1) is 10.9. The van der Waals surface area contributed by atoms with E-state index >= 15 is 0 Å². The van der Waals surface area contributed by atoms with E-state index in [1.165, 1.54) is 12.3 Å². The van der Waals surface area contributed by atoms with Crippen molar-refractivity contribution in [3.63, 3.8) is 0 Å². The summed E-state index contributed by atoms with van der Waals surface area (Å²) in [5.74, 6) is 0.546. The molecule has 1 heterocycles. The van der Waals surface area contributed by atoms with Crippen LogP contribution in [0.25, 0.3) is 0 Å². The van der Waals surface area contributed by atoms with Crippen LogP contribution in [-0.2, 0) is 0 Å². The van der Waals surface area contributed by atoms with Crippen molar-refractivity contribution in [2.75, 3.05) is 5.32 Å². The normalized spacial score (nSPS) is 9.65. The Labute approximate surface area is 96.3 Å². The maximum atomic E-state index is 11.4. The average Bonchev–Trinajstić information content (AvgIpc) is 2.30. The van der Waals surface area contributed by atoms with Crippen molar-refractivity contribution < 1.29 is 9.53 Å². The minimum Gasteiger partial charge on any atom is -0.410 e. The number of hydrogen-bond donors (Lipinski definition) is 2. The Morgan fingerprint density at radius 1 is 1.24 bits per heavy atom. The molecule has 2 N–H and O–H groups in total. The van der Waals surface area contributed by atoms with Crippen LogP contribution >= 0.6 is 0 Å². The predicted molar refractivity (Wildman–Crippen MR) is 60.9 cm³/mol. The Balaban J connectivity index is 2.01. The minimum atomic E-state index is -0.700. The van der Waals surface area contributed by atoms with Gasteiger partial charge in [0.15, 0.2) is 0 Å². The predicted octanol–water partition coefficient (Wildman–Crippen LogP) is 1.38. The molecule has 17 heavy (non-hydrogen) atoms. The van der Waals surface area contributed by atoms with Crippen LogP contribution in [0.2, 0.25) is 0 Å². The van der Waals surface area contributed by atoms with Crippen molar-refractivity contribution in [3.8, 4) is 5.75 Å². The SMILES string of the molecule is O=C(Nc1cc[nH]c(=O)n1)Oc1ccccc1. The van der Waals surface area contributed by atoms with Gasteiger partial charge in [-0.15, -0.1) is 0 Å². The van der Waals surface area contributed by atoms with E-state index in [-0.39, 0.29) is 5.82 Å². The molecule has 0 fully saturated rings. The van der Waals surface area contributed by atoms with E-state index in [4.69, 9.17) is 4.74 Å². The van der Waals surface area contributed by atoms with Crippen molar-refractivity contribution in [1.29, 1.82) is 0 Å². The number of nitrogens with zero attached hydrogens (tertiary/aromatic N) is 1. The van der Waals surface area contributed by atoms with E-state index < -0.39 is 11.8 Å². The van der Waals surface area contributed by atoms with Crippen molar-refractivity contribution in [3.05, 3.63) is 53.1 Å². The van der Waals surface area contributed by atoms with Crippen LogP contribution < -0.4 is 15.7 Å². The molecule has 0 saturated carbocycles. The number of ether oxygens (including phenoxy) is 1. The third-order valence-corrected chi connectivity index (χ3v) is 1.85. The molecule has 0 aliphatic heterocycles. The summed E-state index contributed by atoms with van der Waals surface area (Å²) in [5, 5.41) is 2.34. The van der Waals surface area contributed by atoms with Crippen molar-refractivity contribution in [2.24, 2.45) is 0 Å². The standard InChI is InChI=1S/C11H9N3O3/c15-10-12-7-6-9(13-10)14-11(16)17-8-4-2-1-3-5-8/h1-7H,(H2,12,13,14,15,16). The maximum Gasteiger partial charge on any atom is 0.418 e. The molecule has 2 aromatic rings. The molecule has 0 unspecified atom stereocenters. The Morgan fingerprint density at radius 3 is 2.71 bits per heavy atom. The molecular weight excluding hydrogens is 222 g/mol. The summed E-state index contributed by atoms with van der Waals surface area (Å²) in [7, 11) is 0. The zero-order valence-corrected chi connectivity index (χ0v) is 8.71. The summed E-state index contributed by atoms with van der Waals surface area (Å²) in [6, 6.07) is 10.0. The lowest BCUT2D eigenvalue weighted by molar-refractivity contribution is 0.215. The largest absolute Gasteiger partial charge is 0.418 e. The molecular formula is C11H9N3O3. The molecule has 0 bridgehead atoms. The molecule has 6 nitrogen and oxygen atoms in total. The molecule has 0 aliphatic rings. The second-order valence-electron chi connectivity index (χ2n) is 3.11. The lowest BCUT2D eigenvalue weighted by Crippen LogP contribution is -2.20. The Morgan fingerprint density at radius 2 is 2.00 bits per heavy atom. The number of rotatable bonds is 2. The zero-order valence-electron chi connectivity index (χ0n) is 8.71. The number of benzene rings is 1. The number of anilines is 1. The van der Waals surface area contributed by atoms with Gasteiger partial charge < -0.3 is 9.72 Å². The number of nitrogens with one attached hydrogen (secondary N) is 2. The van der Waals surface area contributed by atoms with Crippen molar-refractivity contribution >= 4 is 11.9 Å². The fraction of sp³-hybridized carbons (Fsp3) is 0. The van der Waals surface area contributed by atoms with E-state index in [1.807, 2.05) is 6.07 Å². The lowest BCUT2D eigenvalue weighted by atomic mass is 10.3. The average molecular weight is 231 g/mol. The third-order valence-electron chi connectivity index (χ3n) is 1.85. The van der Waals surface area contributed by atoms with Crippen molar-refractivity contribution in [1.82, 2.24) is 9.97 Å². The number of carbonyl (C=O) groups excluding carboxylic acids is 1. The fourth-order valence-electron chi connectivity index (χ4n) is 1.17. The van der Waals surface area contributed by atoms with Gasteiger partial charge in [0.25, 0.3) is 0 Å². The highest BCUT2D eigenvalue weighted by molar-refractivity contribution is 5.84. The zero-order chi connectivity index (χ0) is 12.1. The number of hydrogen-bond acceptors (Lipinski definition) is 4. The van der Waals surface area contributed by atoms with Crippen LogP contribution in [0.1, 0.15) is 0 Å². The van der Waals surface area contributed by atoms with Crippen LogP contribution in [-0.4, -0.2) is 16.1 Å². The van der Waals surface area contributed by atoms with Gasteiger partial charge in [0.05, 0.1) is 0 Å². The second-order valence-corrected chi connectivity index (χ2v) is 3.11. The van der Waals surface area contributed by atoms with E-state index in [0.717, 1.165) is 0 Å². The smallest absolute Gasteiger partial charge is 0.410 e.